The lowest BCUT2D eigenvalue weighted by atomic mass is 9.47. The van der Waals surface area contributed by atoms with Crippen molar-refractivity contribution >= 4 is 5.97 Å². The lowest BCUT2D eigenvalue weighted by Crippen LogP contribution is -2.51. The van der Waals surface area contributed by atoms with Gasteiger partial charge in [0.25, 0.3) is 0 Å². The highest BCUT2D eigenvalue weighted by molar-refractivity contribution is 5.69. The molecule has 6 rings (SSSR count). The first-order valence-corrected chi connectivity index (χ1v) is 19.2. The van der Waals surface area contributed by atoms with E-state index in [0.717, 1.165) is 71.6 Å². The second-order valence-corrected chi connectivity index (χ2v) is 16.8. The maximum absolute atomic E-state index is 12.9. The first-order chi connectivity index (χ1) is 23.1. The summed E-state index contributed by atoms with van der Waals surface area (Å²) in [7, 11) is 0. The Bertz CT molecular complexity index is 1470. The Hall–Kier alpha value is -3.06. The van der Waals surface area contributed by atoms with Crippen molar-refractivity contribution in [1.29, 1.82) is 5.26 Å². The molecule has 4 nitrogen and oxygen atoms in total. The molecule has 3 fully saturated rings. The standard InChI is InChI=1S/C44H59NO3/c1-30(2)8-6-9-31(3)39-21-22-40-38-20-17-35-28-37(23-25-43(35,4)41(38)24-26-44(39,40)5)48-42(46)10-7-27-47-36-18-15-34(16-19-36)33-13-11-32(29-45)12-14-33/h11-19,30-31,37-41H,6-10,20-28H2,1-5H3/t31-,37+,38+,39-,40+,41+,43+,44-/m1/s1. The van der Waals surface area contributed by atoms with E-state index in [9.17, 15) is 4.79 Å². The van der Waals surface area contributed by atoms with Gasteiger partial charge >= 0.3 is 5.97 Å². The molecule has 48 heavy (non-hydrogen) atoms. The SMILES string of the molecule is CC(C)CCC[C@@H](C)[C@H]1CC[C@H]2[C@@H]3CC=C4C[C@@H](OC(=O)CCCOc5ccc(-c6ccc(C#N)cc6)cc5)CC[C@]4(C)[C@H]3CC[C@]12C. The normalized spacial score (nSPS) is 31.5. The van der Waals surface area contributed by atoms with Crippen LogP contribution in [-0.4, -0.2) is 18.7 Å². The van der Waals surface area contributed by atoms with Crippen molar-refractivity contribution in [2.75, 3.05) is 6.61 Å². The van der Waals surface area contributed by atoms with Gasteiger partial charge in [-0.15, -0.1) is 0 Å². The molecule has 0 aromatic heterocycles. The van der Waals surface area contributed by atoms with Crippen molar-refractivity contribution in [2.45, 2.75) is 124 Å². The monoisotopic (exact) mass is 649 g/mol. The fourth-order valence-electron chi connectivity index (χ4n) is 10.9. The highest BCUT2D eigenvalue weighted by Gasteiger charge is 2.59. The van der Waals surface area contributed by atoms with Crippen molar-refractivity contribution in [2.24, 2.45) is 46.3 Å². The Morgan fingerprint density at radius 1 is 0.896 bits per heavy atom. The summed E-state index contributed by atoms with van der Waals surface area (Å²) >= 11 is 0. The minimum atomic E-state index is -0.0920. The van der Waals surface area contributed by atoms with Gasteiger partial charge in [0, 0.05) is 12.8 Å². The Morgan fingerprint density at radius 2 is 1.62 bits per heavy atom. The van der Waals surface area contributed by atoms with Crippen LogP contribution in [0.25, 0.3) is 11.1 Å². The van der Waals surface area contributed by atoms with Crippen molar-refractivity contribution < 1.29 is 14.3 Å². The lowest BCUT2D eigenvalue weighted by Gasteiger charge is -2.58. The van der Waals surface area contributed by atoms with Gasteiger partial charge in [-0.3, -0.25) is 4.79 Å². The molecule has 2 aromatic carbocycles. The van der Waals surface area contributed by atoms with E-state index in [2.05, 4.69) is 46.8 Å². The molecule has 0 radical (unpaired) electrons. The van der Waals surface area contributed by atoms with Gasteiger partial charge in [0.15, 0.2) is 0 Å². The molecule has 0 aliphatic heterocycles. The number of fused-ring (bicyclic) bond motifs is 5. The van der Waals surface area contributed by atoms with E-state index in [4.69, 9.17) is 14.7 Å². The summed E-state index contributed by atoms with van der Waals surface area (Å²) in [6.45, 7) is 13.0. The summed E-state index contributed by atoms with van der Waals surface area (Å²) in [5, 5.41) is 9.02. The summed E-state index contributed by atoms with van der Waals surface area (Å²) in [5.41, 5.74) is 5.18. The van der Waals surface area contributed by atoms with Crippen LogP contribution in [-0.2, 0) is 9.53 Å². The van der Waals surface area contributed by atoms with Crippen LogP contribution >= 0.6 is 0 Å². The van der Waals surface area contributed by atoms with Crippen LogP contribution in [0, 0.1) is 57.7 Å². The second kappa shape index (κ2) is 14.8. The van der Waals surface area contributed by atoms with Crippen LogP contribution in [0.2, 0.25) is 0 Å². The third-order valence-electron chi connectivity index (χ3n) is 13.6. The van der Waals surface area contributed by atoms with Gasteiger partial charge in [0.1, 0.15) is 11.9 Å². The fraction of sp³-hybridized carbons (Fsp3) is 0.636. The van der Waals surface area contributed by atoms with E-state index in [1.807, 2.05) is 48.5 Å². The molecule has 4 heteroatoms. The topological polar surface area (TPSA) is 59.3 Å². The zero-order valence-electron chi connectivity index (χ0n) is 30.3. The third kappa shape index (κ3) is 7.27. The molecule has 258 valence electrons. The molecule has 4 aliphatic rings. The van der Waals surface area contributed by atoms with Gasteiger partial charge in [-0.2, -0.15) is 5.26 Å². The lowest BCUT2D eigenvalue weighted by molar-refractivity contribution is -0.151. The molecular weight excluding hydrogens is 590 g/mol. The van der Waals surface area contributed by atoms with Crippen LogP contribution in [0.3, 0.4) is 0 Å². The Kier molecular flexibility index (Phi) is 10.7. The molecule has 0 saturated heterocycles. The highest BCUT2D eigenvalue weighted by atomic mass is 16.5. The first kappa shape index (κ1) is 34.8. The molecule has 4 aliphatic carbocycles. The van der Waals surface area contributed by atoms with Crippen LogP contribution in [0.1, 0.15) is 124 Å². The summed E-state index contributed by atoms with van der Waals surface area (Å²) in [6, 6.07) is 17.7. The molecule has 3 saturated carbocycles. The summed E-state index contributed by atoms with van der Waals surface area (Å²) in [4.78, 5) is 12.9. The molecule has 0 N–H and O–H groups in total. The van der Waals surface area contributed by atoms with Crippen LogP contribution in [0.15, 0.2) is 60.2 Å². The zero-order chi connectivity index (χ0) is 33.9. The Morgan fingerprint density at radius 3 is 2.33 bits per heavy atom. The molecule has 0 unspecified atom stereocenters. The number of hydrogen-bond acceptors (Lipinski definition) is 4. The number of benzene rings is 2. The maximum Gasteiger partial charge on any atom is 0.306 e. The smallest absolute Gasteiger partial charge is 0.306 e. The van der Waals surface area contributed by atoms with Gasteiger partial charge in [-0.1, -0.05) is 89.8 Å². The van der Waals surface area contributed by atoms with E-state index in [-0.39, 0.29) is 17.5 Å². The van der Waals surface area contributed by atoms with E-state index in [1.54, 1.807) is 5.57 Å². The van der Waals surface area contributed by atoms with Crippen molar-refractivity contribution in [3.05, 3.63) is 65.7 Å². The summed E-state index contributed by atoms with van der Waals surface area (Å²) in [6.07, 6.45) is 17.8. The maximum atomic E-state index is 12.9. The summed E-state index contributed by atoms with van der Waals surface area (Å²) in [5.74, 6) is 5.77. The van der Waals surface area contributed by atoms with E-state index in [0.29, 0.717) is 30.4 Å². The molecule has 0 spiro atoms. The number of nitriles is 1. The Labute approximate surface area is 290 Å². The quantitative estimate of drug-likeness (QED) is 0.130. The fourth-order valence-corrected chi connectivity index (χ4v) is 10.9. The zero-order valence-corrected chi connectivity index (χ0v) is 30.3. The van der Waals surface area contributed by atoms with E-state index < -0.39 is 0 Å². The van der Waals surface area contributed by atoms with Gasteiger partial charge < -0.3 is 9.47 Å². The minimum absolute atomic E-state index is 0.0143. The first-order valence-electron chi connectivity index (χ1n) is 19.2. The van der Waals surface area contributed by atoms with E-state index in [1.165, 1.54) is 51.4 Å². The number of hydrogen-bond donors (Lipinski definition) is 0. The number of carbonyl (C=O) groups excluding carboxylic acids is 1. The molecule has 2 aromatic rings. The third-order valence-corrected chi connectivity index (χ3v) is 13.6. The number of rotatable bonds is 12. The van der Waals surface area contributed by atoms with Gasteiger partial charge in [-0.25, -0.2) is 0 Å². The molecule has 0 heterocycles. The van der Waals surface area contributed by atoms with Crippen LogP contribution in [0.4, 0.5) is 0 Å². The van der Waals surface area contributed by atoms with Gasteiger partial charge in [-0.05, 0) is 133 Å². The van der Waals surface area contributed by atoms with Gasteiger partial charge in [0.05, 0.1) is 18.2 Å². The number of carbonyl (C=O) groups is 1. The van der Waals surface area contributed by atoms with Crippen molar-refractivity contribution in [3.63, 3.8) is 0 Å². The number of nitrogens with zero attached hydrogens (tertiary/aromatic N) is 1. The number of esters is 1. The van der Waals surface area contributed by atoms with Crippen LogP contribution in [0.5, 0.6) is 5.75 Å². The predicted octanol–water partition coefficient (Wildman–Crippen LogP) is 11.3. The second-order valence-electron chi connectivity index (χ2n) is 16.8. The minimum Gasteiger partial charge on any atom is -0.494 e. The Balaban J connectivity index is 0.959. The van der Waals surface area contributed by atoms with Crippen LogP contribution < -0.4 is 4.74 Å². The largest absolute Gasteiger partial charge is 0.494 e. The molecule has 8 atom stereocenters. The number of allylic oxidation sites excluding steroid dienone is 1. The van der Waals surface area contributed by atoms with Crippen molar-refractivity contribution in [1.82, 2.24) is 0 Å². The average Bonchev–Trinajstić information content (AvgIpc) is 3.44. The average molecular weight is 650 g/mol. The van der Waals surface area contributed by atoms with Gasteiger partial charge in [0.2, 0.25) is 0 Å². The number of ether oxygens (including phenoxy) is 2. The predicted molar refractivity (Wildman–Crippen MR) is 194 cm³/mol. The highest BCUT2D eigenvalue weighted by Crippen LogP contribution is 2.67. The molecule has 0 bridgehead atoms. The molecular formula is C44H59NO3. The molecule has 0 amide bonds. The van der Waals surface area contributed by atoms with E-state index >= 15 is 0 Å². The summed E-state index contributed by atoms with van der Waals surface area (Å²) < 4.78 is 12.0. The van der Waals surface area contributed by atoms with Crippen molar-refractivity contribution in [3.8, 4) is 22.9 Å².